The lowest BCUT2D eigenvalue weighted by Gasteiger charge is -2.24. The first-order valence-electron chi connectivity index (χ1n) is 5.42. The number of carbonyl (C=O) groups excluding carboxylic acids is 1. The van der Waals surface area contributed by atoms with Crippen LogP contribution in [-0.4, -0.2) is 39.6 Å². The Morgan fingerprint density at radius 3 is 2.59 bits per heavy atom. The minimum Gasteiger partial charge on any atom is -0.465 e. The van der Waals surface area contributed by atoms with E-state index >= 15 is 0 Å². The van der Waals surface area contributed by atoms with Crippen molar-refractivity contribution in [2.24, 2.45) is 0 Å². The lowest BCUT2D eigenvalue weighted by Crippen LogP contribution is -2.39. The van der Waals surface area contributed by atoms with Crippen molar-refractivity contribution in [3.05, 3.63) is 35.9 Å². The van der Waals surface area contributed by atoms with Crippen LogP contribution in [0.1, 0.15) is 12.5 Å². The molecule has 0 radical (unpaired) electrons. The second kappa shape index (κ2) is 4.45. The van der Waals surface area contributed by atoms with Gasteiger partial charge in [-0.3, -0.25) is 9.69 Å². The van der Waals surface area contributed by atoms with Crippen LogP contribution in [0.15, 0.2) is 30.3 Å². The smallest absolute Gasteiger partial charge is 0.409 e. The molecule has 2 amide bonds. The molecular weight excluding hydrogens is 220 g/mol. The van der Waals surface area contributed by atoms with E-state index in [4.69, 9.17) is 5.11 Å². The van der Waals surface area contributed by atoms with Gasteiger partial charge < -0.3 is 10.0 Å². The molecule has 90 valence electrons. The molecule has 1 fully saturated rings. The average molecular weight is 234 g/mol. The predicted molar refractivity (Wildman–Crippen MR) is 61.2 cm³/mol. The summed E-state index contributed by atoms with van der Waals surface area (Å²) >= 11 is 0. The Morgan fingerprint density at radius 1 is 1.41 bits per heavy atom. The number of rotatable bonds is 2. The number of benzene rings is 1. The highest BCUT2D eigenvalue weighted by molar-refractivity contribution is 5.85. The van der Waals surface area contributed by atoms with Crippen LogP contribution in [0.4, 0.5) is 4.79 Å². The lowest BCUT2D eigenvalue weighted by molar-refractivity contribution is -0.128. The van der Waals surface area contributed by atoms with Crippen LogP contribution in [-0.2, 0) is 11.3 Å². The fourth-order valence-corrected chi connectivity index (χ4v) is 1.97. The van der Waals surface area contributed by atoms with E-state index < -0.39 is 12.3 Å². The van der Waals surface area contributed by atoms with Gasteiger partial charge in [-0.15, -0.1) is 0 Å². The third kappa shape index (κ3) is 2.22. The molecule has 1 N–H and O–H groups in total. The Morgan fingerprint density at radius 2 is 2.06 bits per heavy atom. The zero-order valence-electron chi connectivity index (χ0n) is 9.54. The van der Waals surface area contributed by atoms with E-state index in [0.29, 0.717) is 6.54 Å². The van der Waals surface area contributed by atoms with Crippen molar-refractivity contribution in [3.63, 3.8) is 0 Å². The van der Waals surface area contributed by atoms with Gasteiger partial charge in [-0.25, -0.2) is 4.79 Å². The topological polar surface area (TPSA) is 60.9 Å². The molecular formula is C12H14N2O3. The minimum atomic E-state index is -1.05. The van der Waals surface area contributed by atoms with Gasteiger partial charge >= 0.3 is 6.09 Å². The normalized spacial score (nSPS) is 19.8. The van der Waals surface area contributed by atoms with E-state index in [1.165, 1.54) is 0 Å². The Hall–Kier alpha value is -2.04. The van der Waals surface area contributed by atoms with E-state index in [0.717, 1.165) is 10.5 Å². The molecule has 5 heteroatoms. The molecule has 0 saturated carbocycles. The van der Waals surface area contributed by atoms with Gasteiger partial charge in [0.25, 0.3) is 0 Å². The molecule has 1 aliphatic rings. The molecule has 1 aromatic carbocycles. The van der Waals surface area contributed by atoms with Crippen LogP contribution in [0, 0.1) is 0 Å². The summed E-state index contributed by atoms with van der Waals surface area (Å²) in [6, 6.07) is 9.54. The van der Waals surface area contributed by atoms with Crippen LogP contribution < -0.4 is 0 Å². The molecule has 1 aliphatic heterocycles. The standard InChI is InChI=1S/C12H14N2O3/c1-9-13(7-10-5-3-2-4-6-10)11(15)8-14(9)12(16)17/h2-6,9H,7-8H2,1H3,(H,16,17). The first-order chi connectivity index (χ1) is 8.09. The number of hydrogen-bond acceptors (Lipinski definition) is 2. The van der Waals surface area contributed by atoms with Gasteiger partial charge in [-0.05, 0) is 12.5 Å². The fraction of sp³-hybridized carbons (Fsp3) is 0.333. The highest BCUT2D eigenvalue weighted by Gasteiger charge is 2.37. The van der Waals surface area contributed by atoms with Gasteiger partial charge in [-0.1, -0.05) is 30.3 Å². The number of carboxylic acid groups (broad SMARTS) is 1. The van der Waals surface area contributed by atoms with Gasteiger partial charge in [0.05, 0.1) is 0 Å². The third-order valence-corrected chi connectivity index (χ3v) is 2.97. The quantitative estimate of drug-likeness (QED) is 0.840. The highest BCUT2D eigenvalue weighted by Crippen LogP contribution is 2.18. The molecule has 1 heterocycles. The first-order valence-corrected chi connectivity index (χ1v) is 5.42. The average Bonchev–Trinajstić information content (AvgIpc) is 2.58. The summed E-state index contributed by atoms with van der Waals surface area (Å²) in [7, 11) is 0. The van der Waals surface area contributed by atoms with E-state index in [9.17, 15) is 9.59 Å². The van der Waals surface area contributed by atoms with Gasteiger partial charge in [-0.2, -0.15) is 0 Å². The van der Waals surface area contributed by atoms with E-state index in [1.807, 2.05) is 30.3 Å². The van der Waals surface area contributed by atoms with Crippen molar-refractivity contribution in [2.45, 2.75) is 19.6 Å². The summed E-state index contributed by atoms with van der Waals surface area (Å²) in [5.41, 5.74) is 1.000. The monoisotopic (exact) mass is 234 g/mol. The number of amides is 2. The highest BCUT2D eigenvalue weighted by atomic mass is 16.4. The molecule has 1 aromatic rings. The predicted octanol–water partition coefficient (Wildman–Crippen LogP) is 1.35. The molecule has 17 heavy (non-hydrogen) atoms. The molecule has 0 bridgehead atoms. The number of carbonyl (C=O) groups is 2. The molecule has 0 aromatic heterocycles. The Bertz CT molecular complexity index is 433. The SMILES string of the molecule is CC1N(C(=O)O)CC(=O)N1Cc1ccccc1. The van der Waals surface area contributed by atoms with Crippen molar-refractivity contribution in [1.82, 2.24) is 9.80 Å². The number of hydrogen-bond donors (Lipinski definition) is 1. The number of nitrogens with zero attached hydrogens (tertiary/aromatic N) is 2. The van der Waals surface area contributed by atoms with E-state index in [2.05, 4.69) is 0 Å². The minimum absolute atomic E-state index is 0.0522. The maximum atomic E-state index is 11.7. The zero-order valence-corrected chi connectivity index (χ0v) is 9.54. The third-order valence-electron chi connectivity index (χ3n) is 2.97. The van der Waals surface area contributed by atoms with E-state index in [1.54, 1.807) is 11.8 Å². The van der Waals surface area contributed by atoms with Gasteiger partial charge in [0.2, 0.25) is 5.91 Å². The zero-order chi connectivity index (χ0) is 12.4. The molecule has 1 saturated heterocycles. The van der Waals surface area contributed by atoms with Crippen molar-refractivity contribution < 1.29 is 14.7 Å². The van der Waals surface area contributed by atoms with Crippen molar-refractivity contribution in [1.29, 1.82) is 0 Å². The molecule has 0 spiro atoms. The summed E-state index contributed by atoms with van der Waals surface area (Å²) in [5, 5.41) is 8.93. The molecule has 5 nitrogen and oxygen atoms in total. The van der Waals surface area contributed by atoms with Crippen LogP contribution in [0.3, 0.4) is 0 Å². The van der Waals surface area contributed by atoms with Crippen molar-refractivity contribution >= 4 is 12.0 Å². The van der Waals surface area contributed by atoms with Crippen molar-refractivity contribution in [3.8, 4) is 0 Å². The summed E-state index contributed by atoms with van der Waals surface area (Å²) < 4.78 is 0. The summed E-state index contributed by atoms with van der Waals surface area (Å²) in [4.78, 5) is 25.3. The Labute approximate surface area is 99.3 Å². The van der Waals surface area contributed by atoms with Crippen LogP contribution in [0.2, 0.25) is 0 Å². The van der Waals surface area contributed by atoms with Gasteiger partial charge in [0.15, 0.2) is 0 Å². The lowest BCUT2D eigenvalue weighted by atomic mass is 10.2. The van der Waals surface area contributed by atoms with Gasteiger partial charge in [0.1, 0.15) is 12.7 Å². The summed E-state index contributed by atoms with van der Waals surface area (Å²) in [5.74, 6) is -0.149. The molecule has 1 unspecified atom stereocenters. The van der Waals surface area contributed by atoms with Crippen molar-refractivity contribution in [2.75, 3.05) is 6.54 Å². The molecule has 1 atom stereocenters. The second-order valence-electron chi connectivity index (χ2n) is 4.05. The van der Waals surface area contributed by atoms with Gasteiger partial charge in [0, 0.05) is 6.54 Å². The molecule has 0 aliphatic carbocycles. The first kappa shape index (κ1) is 11.4. The molecule has 2 rings (SSSR count). The largest absolute Gasteiger partial charge is 0.465 e. The maximum absolute atomic E-state index is 11.7. The van der Waals surface area contributed by atoms with E-state index in [-0.39, 0.29) is 12.5 Å². The van der Waals surface area contributed by atoms with Crippen LogP contribution in [0.5, 0.6) is 0 Å². The van der Waals surface area contributed by atoms with Crippen LogP contribution in [0.25, 0.3) is 0 Å². The summed E-state index contributed by atoms with van der Waals surface area (Å²) in [6.07, 6.45) is -1.46. The second-order valence-corrected chi connectivity index (χ2v) is 4.05. The Kier molecular flexibility index (Phi) is 2.99. The summed E-state index contributed by atoms with van der Waals surface area (Å²) in [6.45, 7) is 2.12. The maximum Gasteiger partial charge on any atom is 0.409 e. The Balaban J connectivity index is 2.12. The fourth-order valence-electron chi connectivity index (χ4n) is 1.97. The van der Waals surface area contributed by atoms with Crippen LogP contribution >= 0.6 is 0 Å².